The number of carbonyl (C=O) groups excluding carboxylic acids is 1. The molecular formula is C24H32FN7O3. The van der Waals surface area contributed by atoms with E-state index in [1.165, 1.54) is 26.4 Å². The van der Waals surface area contributed by atoms with Crippen LogP contribution in [0.4, 0.5) is 10.1 Å². The Balaban J connectivity index is 1.58. The number of nitrogens with one attached hydrogen (secondary N) is 2. The number of aromatic nitrogens is 4. The molecule has 3 N–H and O–H groups in total. The van der Waals surface area contributed by atoms with Crippen LogP contribution in [-0.2, 0) is 4.74 Å². The Kier molecular flexibility index (Phi) is 7.58. The van der Waals surface area contributed by atoms with Crippen LogP contribution in [0.5, 0.6) is 0 Å². The van der Waals surface area contributed by atoms with Gasteiger partial charge in [-0.2, -0.15) is 0 Å². The van der Waals surface area contributed by atoms with Gasteiger partial charge in [0.15, 0.2) is 0 Å². The quantitative estimate of drug-likeness (QED) is 0.420. The summed E-state index contributed by atoms with van der Waals surface area (Å²) in [6, 6.07) is 3.88. The van der Waals surface area contributed by atoms with E-state index in [9.17, 15) is 14.3 Å². The van der Waals surface area contributed by atoms with Crippen molar-refractivity contribution >= 4 is 22.6 Å². The minimum absolute atomic E-state index is 0.206. The van der Waals surface area contributed by atoms with E-state index < -0.39 is 17.7 Å². The molecule has 4 heterocycles. The predicted octanol–water partition coefficient (Wildman–Crippen LogP) is 1.79. The number of aliphatic hydroxyl groups is 1. The lowest BCUT2D eigenvalue weighted by atomic mass is 10.0. The van der Waals surface area contributed by atoms with Crippen LogP contribution >= 0.6 is 0 Å². The molecule has 2 atom stereocenters. The summed E-state index contributed by atoms with van der Waals surface area (Å²) in [6.45, 7) is 8.23. The Labute approximate surface area is 203 Å². The molecule has 4 rings (SSSR count). The number of pyridine rings is 1. The van der Waals surface area contributed by atoms with Crippen molar-refractivity contribution in [3.8, 4) is 5.82 Å². The van der Waals surface area contributed by atoms with Gasteiger partial charge in [0.05, 0.1) is 36.6 Å². The molecule has 0 bridgehead atoms. The molecule has 0 aromatic carbocycles. The van der Waals surface area contributed by atoms with Crippen LogP contribution in [0.2, 0.25) is 0 Å². The molecule has 1 fully saturated rings. The molecule has 35 heavy (non-hydrogen) atoms. The molecular weight excluding hydrogens is 453 g/mol. The number of alkyl halides is 1. The third kappa shape index (κ3) is 5.92. The predicted molar refractivity (Wildman–Crippen MR) is 131 cm³/mol. The van der Waals surface area contributed by atoms with Gasteiger partial charge in [0.2, 0.25) is 0 Å². The number of hydrogen-bond acceptors (Lipinski definition) is 8. The zero-order valence-corrected chi connectivity index (χ0v) is 20.2. The van der Waals surface area contributed by atoms with E-state index in [1.807, 2.05) is 16.8 Å². The molecule has 0 radical (unpaired) electrons. The lowest BCUT2D eigenvalue weighted by Crippen LogP contribution is -2.45. The monoisotopic (exact) mass is 485 g/mol. The molecule has 0 aliphatic carbocycles. The first-order valence-electron chi connectivity index (χ1n) is 11.7. The van der Waals surface area contributed by atoms with E-state index in [-0.39, 0.29) is 18.2 Å². The summed E-state index contributed by atoms with van der Waals surface area (Å²) in [5, 5.41) is 16.7. The maximum absolute atomic E-state index is 14.2. The highest BCUT2D eigenvalue weighted by molar-refractivity contribution is 5.99. The number of fused-ring (bicyclic) bond motifs is 1. The first-order chi connectivity index (χ1) is 16.7. The van der Waals surface area contributed by atoms with Crippen molar-refractivity contribution in [2.45, 2.75) is 38.6 Å². The van der Waals surface area contributed by atoms with E-state index in [0.717, 1.165) is 18.5 Å². The summed E-state index contributed by atoms with van der Waals surface area (Å²) in [5.41, 5.74) is 0.00317. The summed E-state index contributed by atoms with van der Waals surface area (Å²) in [6.07, 6.45) is 4.90. The van der Waals surface area contributed by atoms with Crippen molar-refractivity contribution < 1.29 is 19.0 Å². The van der Waals surface area contributed by atoms with Crippen molar-refractivity contribution in [3.63, 3.8) is 0 Å². The van der Waals surface area contributed by atoms with Crippen molar-refractivity contribution in [1.82, 2.24) is 29.7 Å². The summed E-state index contributed by atoms with van der Waals surface area (Å²) in [4.78, 5) is 28.2. The number of amides is 1. The first kappa shape index (κ1) is 25.0. The second-order valence-corrected chi connectivity index (χ2v) is 9.29. The molecule has 10 nitrogen and oxygen atoms in total. The third-order valence-corrected chi connectivity index (χ3v) is 6.20. The molecule has 0 saturated carbocycles. The molecule has 1 aliphatic heterocycles. The summed E-state index contributed by atoms with van der Waals surface area (Å²) in [7, 11) is 0. The Morgan fingerprint density at radius 3 is 2.77 bits per heavy atom. The minimum atomic E-state index is -1.61. The minimum Gasteiger partial charge on any atom is -0.387 e. The average molecular weight is 486 g/mol. The van der Waals surface area contributed by atoms with Crippen molar-refractivity contribution in [2.75, 3.05) is 44.7 Å². The second-order valence-electron chi connectivity index (χ2n) is 9.29. The Bertz CT molecular complexity index is 1160. The number of hydrogen-bond donors (Lipinski definition) is 3. The largest absolute Gasteiger partial charge is 0.387 e. The van der Waals surface area contributed by atoms with Crippen LogP contribution in [0.1, 0.15) is 31.1 Å². The van der Waals surface area contributed by atoms with Gasteiger partial charge in [-0.15, -0.1) is 0 Å². The van der Waals surface area contributed by atoms with Crippen LogP contribution in [0.3, 0.4) is 0 Å². The highest BCUT2D eigenvalue weighted by Gasteiger charge is 2.27. The molecule has 3 aromatic heterocycles. The number of ether oxygens (including phenoxy) is 1. The van der Waals surface area contributed by atoms with E-state index in [0.29, 0.717) is 36.9 Å². The van der Waals surface area contributed by atoms with E-state index >= 15 is 0 Å². The highest BCUT2D eigenvalue weighted by Crippen LogP contribution is 2.22. The van der Waals surface area contributed by atoms with Gasteiger partial charge in [-0.05, 0) is 26.8 Å². The Hall–Kier alpha value is -3.15. The summed E-state index contributed by atoms with van der Waals surface area (Å²) >= 11 is 0. The topological polar surface area (TPSA) is 117 Å². The molecule has 3 aromatic rings. The van der Waals surface area contributed by atoms with Gasteiger partial charge < -0.3 is 20.5 Å². The normalized spacial score (nSPS) is 16.7. The van der Waals surface area contributed by atoms with Crippen molar-refractivity contribution in [1.29, 1.82) is 0 Å². The van der Waals surface area contributed by atoms with E-state index in [1.54, 1.807) is 12.3 Å². The molecule has 188 valence electrons. The van der Waals surface area contributed by atoms with Crippen molar-refractivity contribution in [3.05, 3.63) is 42.6 Å². The van der Waals surface area contributed by atoms with Crippen LogP contribution in [0.15, 0.2) is 37.1 Å². The van der Waals surface area contributed by atoms with Gasteiger partial charge in [0.1, 0.15) is 24.0 Å². The fourth-order valence-electron chi connectivity index (χ4n) is 3.90. The van der Waals surface area contributed by atoms with Gasteiger partial charge in [-0.1, -0.05) is 0 Å². The fourth-order valence-corrected chi connectivity index (χ4v) is 3.90. The molecule has 1 unspecified atom stereocenters. The summed E-state index contributed by atoms with van der Waals surface area (Å²) < 4.78 is 21.5. The number of carbonyl (C=O) groups is 1. The zero-order valence-electron chi connectivity index (χ0n) is 20.2. The first-order valence-corrected chi connectivity index (χ1v) is 11.7. The van der Waals surface area contributed by atoms with Gasteiger partial charge >= 0.3 is 0 Å². The van der Waals surface area contributed by atoms with Crippen LogP contribution in [0.25, 0.3) is 16.9 Å². The van der Waals surface area contributed by atoms with Crippen LogP contribution in [0, 0.1) is 0 Å². The summed E-state index contributed by atoms with van der Waals surface area (Å²) in [5.74, 6) is 0.105. The lowest BCUT2D eigenvalue weighted by molar-refractivity contribution is -0.00177. The zero-order chi connectivity index (χ0) is 25.0. The maximum atomic E-state index is 14.2. The SMILES string of the molecule is CC(CNc1cc(-n2ccc3cncnc32)ncc1C(=O)NC[C@@H](F)C(C)(C)O)N1CCOCC1. The van der Waals surface area contributed by atoms with Crippen molar-refractivity contribution in [2.24, 2.45) is 0 Å². The van der Waals surface area contributed by atoms with Crippen LogP contribution in [-0.4, -0.2) is 92.6 Å². The highest BCUT2D eigenvalue weighted by atomic mass is 19.1. The molecule has 1 saturated heterocycles. The third-order valence-electron chi connectivity index (χ3n) is 6.20. The number of morpholine rings is 1. The fraction of sp³-hybridized carbons (Fsp3) is 0.500. The molecule has 1 aliphatic rings. The molecule has 0 spiro atoms. The molecule has 11 heteroatoms. The van der Waals surface area contributed by atoms with E-state index in [2.05, 4.69) is 37.4 Å². The number of rotatable bonds is 9. The van der Waals surface area contributed by atoms with Gasteiger partial charge in [-0.3, -0.25) is 14.3 Å². The number of anilines is 1. The van der Waals surface area contributed by atoms with E-state index in [4.69, 9.17) is 4.74 Å². The number of nitrogens with zero attached hydrogens (tertiary/aromatic N) is 5. The average Bonchev–Trinajstić information content (AvgIpc) is 3.29. The van der Waals surface area contributed by atoms with Gasteiger partial charge in [-0.25, -0.2) is 19.3 Å². The Morgan fingerprint density at radius 2 is 2.03 bits per heavy atom. The standard InChI is InChI=1S/C24H32FN7O3/c1-16(31-6-8-35-9-7-31)11-27-19-10-21(32-5-4-17-12-26-15-30-22(17)32)28-13-18(19)23(33)29-14-20(25)24(2,3)34/h4-5,10,12-13,15-16,20,34H,6-9,11,14H2,1-3H3,(H,27,28)(H,29,33)/t16?,20-/m1/s1. The molecule has 1 amide bonds. The smallest absolute Gasteiger partial charge is 0.255 e. The second kappa shape index (κ2) is 10.6. The van der Waals surface area contributed by atoms with Crippen LogP contribution < -0.4 is 10.6 Å². The maximum Gasteiger partial charge on any atom is 0.255 e. The lowest BCUT2D eigenvalue weighted by Gasteiger charge is -2.32. The number of halogens is 1. The Morgan fingerprint density at radius 1 is 1.26 bits per heavy atom. The van der Waals surface area contributed by atoms with Gasteiger partial charge in [0, 0.05) is 55.7 Å². The van der Waals surface area contributed by atoms with Gasteiger partial charge in [0.25, 0.3) is 5.91 Å².